The van der Waals surface area contributed by atoms with Gasteiger partial charge in [0.2, 0.25) is 0 Å². The molecule has 0 amide bonds. The molecule has 1 aliphatic heterocycles. The molecule has 3 N–H and O–H groups in total. The number of pyridine rings is 1. The zero-order valence-corrected chi connectivity index (χ0v) is 24.8. The lowest BCUT2D eigenvalue weighted by molar-refractivity contribution is -0.886. The lowest BCUT2D eigenvalue weighted by atomic mass is 9.93. The summed E-state index contributed by atoms with van der Waals surface area (Å²) >= 11 is 0. The van der Waals surface area contributed by atoms with E-state index in [-0.39, 0.29) is 13.2 Å². The number of halogens is 1. The first-order valence-corrected chi connectivity index (χ1v) is 14.9. The van der Waals surface area contributed by atoms with Crippen molar-refractivity contribution < 1.29 is 23.9 Å². The minimum Gasteiger partial charge on any atom is -0.382 e. The standard InChI is InChI=1S/C32H43FN6O3/c1-3-32(24-40,37-29-16-19-35-31(39(29)41)26-10-5-4-6-11-26)17-21-38(22-27(33)23-42-2)20-8-7-13-28-15-14-25-12-9-18-34-30(25)36-28/h4-6,10-11,14-16,19,24,27,41H,3,7-9,12-13,17-18,20-23H2,1-2H3,(H,34,36)/p+1/t27-,32?/m0/s1. The van der Waals surface area contributed by atoms with Crippen LogP contribution in [0.3, 0.4) is 0 Å². The Morgan fingerprint density at radius 2 is 2.05 bits per heavy atom. The fourth-order valence-electron chi connectivity index (χ4n) is 5.37. The Hall–Kier alpha value is -3.63. The van der Waals surface area contributed by atoms with Crippen LogP contribution >= 0.6 is 0 Å². The number of carbonyl (C=O) groups excluding carboxylic acids is 1. The third kappa shape index (κ3) is 8.45. The fraction of sp³-hybridized carbons (Fsp3) is 0.500. The van der Waals surface area contributed by atoms with Gasteiger partial charge in [-0.05, 0) is 68.8 Å². The first kappa shape index (κ1) is 31.3. The van der Waals surface area contributed by atoms with Gasteiger partial charge < -0.3 is 20.2 Å². The predicted molar refractivity (Wildman–Crippen MR) is 162 cm³/mol. The third-order valence-electron chi connectivity index (χ3n) is 7.91. The Labute approximate surface area is 248 Å². The van der Waals surface area contributed by atoms with Crippen LogP contribution in [-0.2, 0) is 22.4 Å². The highest BCUT2D eigenvalue weighted by Crippen LogP contribution is 2.22. The zero-order valence-electron chi connectivity index (χ0n) is 24.8. The zero-order chi connectivity index (χ0) is 29.8. The monoisotopic (exact) mass is 579 g/mol. The van der Waals surface area contributed by atoms with E-state index in [0.29, 0.717) is 37.6 Å². The molecule has 0 spiro atoms. The summed E-state index contributed by atoms with van der Waals surface area (Å²) in [5, 5.41) is 17.6. The molecule has 0 aliphatic carbocycles. The number of hydrogen-bond donors (Lipinski definition) is 3. The van der Waals surface area contributed by atoms with E-state index >= 15 is 0 Å². The SMILES string of the molecule is CCC(C=O)(CCN(CCCCc1ccc2c(n1)NCCC2)C[C@H](F)COC)Nc1ccnc(-c2ccccc2)[n+]1O. The fourth-order valence-corrected chi connectivity index (χ4v) is 5.37. The molecular weight excluding hydrogens is 535 g/mol. The van der Waals surface area contributed by atoms with Crippen LogP contribution in [0.4, 0.5) is 16.0 Å². The molecule has 4 rings (SSSR count). The number of carbonyl (C=O) groups is 1. The molecule has 1 aliphatic rings. The van der Waals surface area contributed by atoms with E-state index in [0.717, 1.165) is 66.7 Å². The molecule has 9 nitrogen and oxygen atoms in total. The Morgan fingerprint density at radius 3 is 2.81 bits per heavy atom. The van der Waals surface area contributed by atoms with Crippen LogP contribution in [-0.4, -0.2) is 78.0 Å². The van der Waals surface area contributed by atoms with Gasteiger partial charge in [-0.1, -0.05) is 35.9 Å². The van der Waals surface area contributed by atoms with Gasteiger partial charge in [-0.2, -0.15) is 0 Å². The molecule has 10 heteroatoms. The van der Waals surface area contributed by atoms with Gasteiger partial charge in [-0.15, -0.1) is 4.98 Å². The predicted octanol–water partition coefficient (Wildman–Crippen LogP) is 4.49. The Kier molecular flexibility index (Phi) is 11.6. The van der Waals surface area contributed by atoms with Crippen molar-refractivity contribution in [1.29, 1.82) is 0 Å². The molecule has 0 radical (unpaired) electrons. The van der Waals surface area contributed by atoms with Crippen molar-refractivity contribution in [2.24, 2.45) is 0 Å². The molecule has 3 heterocycles. The molecule has 42 heavy (non-hydrogen) atoms. The van der Waals surface area contributed by atoms with E-state index in [4.69, 9.17) is 9.72 Å². The number of aldehydes is 1. The highest BCUT2D eigenvalue weighted by atomic mass is 19.1. The number of aryl methyl sites for hydroxylation is 2. The summed E-state index contributed by atoms with van der Waals surface area (Å²) in [4.78, 5) is 23.7. The first-order chi connectivity index (χ1) is 20.5. The van der Waals surface area contributed by atoms with Crippen LogP contribution in [0.1, 0.15) is 50.3 Å². The minimum atomic E-state index is -1.13. The Morgan fingerprint density at radius 1 is 1.21 bits per heavy atom. The van der Waals surface area contributed by atoms with Gasteiger partial charge in [0.25, 0.3) is 5.82 Å². The number of anilines is 2. The van der Waals surface area contributed by atoms with Crippen molar-refractivity contribution in [2.75, 3.05) is 50.5 Å². The summed E-state index contributed by atoms with van der Waals surface area (Å²) in [6, 6.07) is 15.3. The van der Waals surface area contributed by atoms with Gasteiger partial charge in [-0.25, -0.2) is 9.37 Å². The van der Waals surface area contributed by atoms with Gasteiger partial charge in [0, 0.05) is 44.9 Å². The maximum atomic E-state index is 14.7. The second kappa shape index (κ2) is 15.6. The van der Waals surface area contributed by atoms with Gasteiger partial charge in [-0.3, -0.25) is 10.1 Å². The highest BCUT2D eigenvalue weighted by Gasteiger charge is 2.34. The van der Waals surface area contributed by atoms with Crippen LogP contribution in [0, 0.1) is 0 Å². The number of fused-ring (bicyclic) bond motifs is 1. The molecule has 226 valence electrons. The molecule has 0 bridgehead atoms. The molecular formula is C32H44FN6O3+. The molecule has 1 unspecified atom stereocenters. The molecule has 2 aromatic heterocycles. The van der Waals surface area contributed by atoms with Crippen LogP contribution in [0.25, 0.3) is 11.4 Å². The van der Waals surface area contributed by atoms with Crippen molar-refractivity contribution in [1.82, 2.24) is 14.9 Å². The molecule has 0 saturated heterocycles. The first-order valence-electron chi connectivity index (χ1n) is 14.9. The van der Waals surface area contributed by atoms with Crippen molar-refractivity contribution in [3.05, 3.63) is 66.0 Å². The number of methoxy groups -OCH3 is 1. The number of nitrogens with zero attached hydrogens (tertiary/aromatic N) is 4. The topological polar surface area (TPSA) is 103 Å². The number of nitrogens with one attached hydrogen (secondary N) is 2. The van der Waals surface area contributed by atoms with Crippen molar-refractivity contribution in [3.63, 3.8) is 0 Å². The summed E-state index contributed by atoms with van der Waals surface area (Å²) < 4.78 is 20.7. The van der Waals surface area contributed by atoms with E-state index in [1.807, 2.05) is 37.3 Å². The number of alkyl halides is 1. The van der Waals surface area contributed by atoms with Crippen LogP contribution in [0.2, 0.25) is 0 Å². The average Bonchev–Trinajstić information content (AvgIpc) is 3.02. The van der Waals surface area contributed by atoms with E-state index in [9.17, 15) is 14.4 Å². The number of unbranched alkanes of at least 4 members (excludes halogenated alkanes) is 1. The number of rotatable bonds is 17. The average molecular weight is 580 g/mol. The Bertz CT molecular complexity index is 1280. The second-order valence-corrected chi connectivity index (χ2v) is 11.0. The van der Waals surface area contributed by atoms with Crippen LogP contribution in [0.15, 0.2) is 54.7 Å². The van der Waals surface area contributed by atoms with Crippen molar-refractivity contribution >= 4 is 17.9 Å². The summed E-state index contributed by atoms with van der Waals surface area (Å²) in [7, 11) is 1.50. The van der Waals surface area contributed by atoms with Gasteiger partial charge in [0.05, 0.1) is 12.2 Å². The van der Waals surface area contributed by atoms with E-state index in [1.54, 1.807) is 12.3 Å². The van der Waals surface area contributed by atoms with Gasteiger partial charge >= 0.3 is 5.82 Å². The maximum Gasteiger partial charge on any atom is 0.307 e. The lowest BCUT2D eigenvalue weighted by Crippen LogP contribution is -2.48. The third-order valence-corrected chi connectivity index (χ3v) is 7.91. The largest absolute Gasteiger partial charge is 0.382 e. The maximum absolute atomic E-state index is 14.7. The van der Waals surface area contributed by atoms with Gasteiger partial charge in [0.1, 0.15) is 23.7 Å². The molecule has 0 fully saturated rings. The minimum absolute atomic E-state index is 0.0250. The second-order valence-electron chi connectivity index (χ2n) is 11.0. The van der Waals surface area contributed by atoms with E-state index in [2.05, 4.69) is 32.7 Å². The highest BCUT2D eigenvalue weighted by molar-refractivity contribution is 5.69. The molecule has 0 saturated carbocycles. The quantitative estimate of drug-likeness (QED) is 0.0931. The van der Waals surface area contributed by atoms with E-state index in [1.165, 1.54) is 12.7 Å². The molecule has 2 atom stereocenters. The lowest BCUT2D eigenvalue weighted by Gasteiger charge is -2.30. The molecule has 1 aromatic carbocycles. The number of aromatic nitrogens is 3. The number of benzene rings is 1. The van der Waals surface area contributed by atoms with Crippen molar-refractivity contribution in [3.8, 4) is 11.4 Å². The Balaban J connectivity index is 1.39. The summed E-state index contributed by atoms with van der Waals surface area (Å²) in [6.45, 7) is 4.34. The number of ether oxygens (including phenoxy) is 1. The van der Waals surface area contributed by atoms with Gasteiger partial charge in [0.15, 0.2) is 6.29 Å². The van der Waals surface area contributed by atoms with Crippen LogP contribution < -0.4 is 15.4 Å². The van der Waals surface area contributed by atoms with Crippen LogP contribution in [0.5, 0.6) is 0 Å². The number of hydrogen-bond acceptors (Lipinski definition) is 8. The summed E-state index contributed by atoms with van der Waals surface area (Å²) in [6.07, 6.45) is 7.16. The molecule has 3 aromatic rings. The summed E-state index contributed by atoms with van der Waals surface area (Å²) in [5.41, 5.74) is 2.14. The smallest absolute Gasteiger partial charge is 0.307 e. The normalized spacial score (nSPS) is 15.0. The van der Waals surface area contributed by atoms with Crippen molar-refractivity contribution in [2.45, 2.75) is 63.6 Å². The van der Waals surface area contributed by atoms with E-state index < -0.39 is 11.7 Å². The summed E-state index contributed by atoms with van der Waals surface area (Å²) in [5.74, 6) is 1.73.